The lowest BCUT2D eigenvalue weighted by Gasteiger charge is -2.26. The van der Waals surface area contributed by atoms with Crippen LogP contribution in [0.25, 0.3) is 11.8 Å². The third-order valence-electron chi connectivity index (χ3n) is 6.80. The van der Waals surface area contributed by atoms with Crippen LogP contribution in [0.5, 0.6) is 17.2 Å². The Balaban J connectivity index is 1.73. The lowest BCUT2D eigenvalue weighted by atomic mass is 9.93. The summed E-state index contributed by atoms with van der Waals surface area (Å²) in [7, 11) is 0. The largest absolute Gasteiger partial charge is 0.494 e. The molecular formula is C35H34N2O6S. The van der Waals surface area contributed by atoms with Crippen molar-refractivity contribution < 1.29 is 23.7 Å². The fourth-order valence-electron chi connectivity index (χ4n) is 4.97. The van der Waals surface area contributed by atoms with Gasteiger partial charge < -0.3 is 18.9 Å². The molecule has 0 spiro atoms. The number of aromatic nitrogens is 1. The molecule has 0 saturated carbocycles. The van der Waals surface area contributed by atoms with Crippen LogP contribution < -0.4 is 29.1 Å². The molecule has 0 aliphatic carbocycles. The van der Waals surface area contributed by atoms with Crippen LogP contribution in [0.4, 0.5) is 0 Å². The number of ether oxygens (including phenoxy) is 4. The first kappa shape index (κ1) is 30.6. The molecule has 0 radical (unpaired) electrons. The van der Waals surface area contributed by atoms with Gasteiger partial charge in [0.05, 0.1) is 41.7 Å². The molecule has 1 aromatic heterocycles. The van der Waals surface area contributed by atoms with Crippen molar-refractivity contribution in [2.75, 3.05) is 26.4 Å². The zero-order valence-corrected chi connectivity index (χ0v) is 25.8. The van der Waals surface area contributed by atoms with E-state index < -0.39 is 12.0 Å². The molecule has 44 heavy (non-hydrogen) atoms. The number of hydrogen-bond acceptors (Lipinski definition) is 8. The average Bonchev–Trinajstić information content (AvgIpc) is 3.35. The number of carbonyl (C=O) groups excluding carboxylic acids is 1. The van der Waals surface area contributed by atoms with E-state index in [1.807, 2.05) is 86.6 Å². The van der Waals surface area contributed by atoms with Crippen LogP contribution in [0, 0.1) is 0 Å². The van der Waals surface area contributed by atoms with Crippen molar-refractivity contribution in [1.82, 2.24) is 4.57 Å². The van der Waals surface area contributed by atoms with Gasteiger partial charge in [0.1, 0.15) is 12.4 Å². The standard InChI is InChI=1S/C35H34N2O6S/c1-5-20-43-27-19-14-23(21-28(27)41-7-3)22-29-33(38)37-32(25-15-17-26(18-16-25)40-6-2)30(34(39)42-8-4)31(36-35(37)44-29)24-12-10-9-11-13-24/h5,9-19,21-22,32H,1,6-8,20H2,2-4H3/b29-22-/t32-/m0/s1. The Morgan fingerprint density at radius 1 is 0.932 bits per heavy atom. The highest BCUT2D eigenvalue weighted by Crippen LogP contribution is 2.36. The van der Waals surface area contributed by atoms with Gasteiger partial charge in [0, 0.05) is 5.56 Å². The van der Waals surface area contributed by atoms with Gasteiger partial charge in [0.2, 0.25) is 0 Å². The molecule has 4 aromatic rings. The number of thiazole rings is 1. The normalized spacial score (nSPS) is 14.4. The maximum atomic E-state index is 14.2. The quantitative estimate of drug-likeness (QED) is 0.160. The Morgan fingerprint density at radius 3 is 2.36 bits per heavy atom. The number of esters is 1. The fourth-order valence-corrected chi connectivity index (χ4v) is 5.97. The van der Waals surface area contributed by atoms with Crippen LogP contribution in [0.3, 0.4) is 0 Å². The molecule has 9 heteroatoms. The van der Waals surface area contributed by atoms with E-state index in [9.17, 15) is 9.59 Å². The number of carbonyl (C=O) groups is 1. The highest BCUT2D eigenvalue weighted by molar-refractivity contribution is 7.07. The minimum atomic E-state index is -0.771. The lowest BCUT2D eigenvalue weighted by molar-refractivity contribution is -0.138. The molecule has 3 aromatic carbocycles. The molecule has 0 saturated heterocycles. The van der Waals surface area contributed by atoms with Gasteiger partial charge in [-0.1, -0.05) is 72.5 Å². The van der Waals surface area contributed by atoms with Gasteiger partial charge in [-0.15, -0.1) is 0 Å². The molecular weight excluding hydrogens is 576 g/mol. The van der Waals surface area contributed by atoms with Gasteiger partial charge in [0.15, 0.2) is 16.3 Å². The van der Waals surface area contributed by atoms with Crippen LogP contribution >= 0.6 is 11.3 Å². The van der Waals surface area contributed by atoms with Crippen molar-refractivity contribution in [1.29, 1.82) is 0 Å². The summed E-state index contributed by atoms with van der Waals surface area (Å²) in [4.78, 5) is 33.2. The molecule has 2 heterocycles. The Morgan fingerprint density at radius 2 is 1.68 bits per heavy atom. The van der Waals surface area contributed by atoms with E-state index in [1.165, 1.54) is 11.3 Å². The summed E-state index contributed by atoms with van der Waals surface area (Å²) in [6, 6.07) is 21.6. The number of nitrogens with zero attached hydrogens (tertiary/aromatic N) is 2. The van der Waals surface area contributed by atoms with Crippen LogP contribution in [0.1, 0.15) is 43.5 Å². The van der Waals surface area contributed by atoms with E-state index in [2.05, 4.69) is 6.58 Å². The van der Waals surface area contributed by atoms with E-state index in [-0.39, 0.29) is 12.2 Å². The number of hydrogen-bond donors (Lipinski definition) is 0. The second-order valence-corrected chi connectivity index (χ2v) is 10.7. The van der Waals surface area contributed by atoms with Gasteiger partial charge in [0.25, 0.3) is 5.56 Å². The first-order valence-electron chi connectivity index (χ1n) is 14.5. The van der Waals surface area contributed by atoms with Gasteiger partial charge in [-0.2, -0.15) is 0 Å². The monoisotopic (exact) mass is 610 g/mol. The molecule has 0 amide bonds. The smallest absolute Gasteiger partial charge is 0.338 e. The van der Waals surface area contributed by atoms with Crippen LogP contribution in [-0.2, 0) is 9.53 Å². The zero-order chi connectivity index (χ0) is 31.1. The highest BCUT2D eigenvalue weighted by atomic mass is 32.1. The molecule has 1 aliphatic rings. The first-order valence-corrected chi connectivity index (χ1v) is 15.3. The Hall–Kier alpha value is -4.89. The van der Waals surface area contributed by atoms with Crippen molar-refractivity contribution in [3.8, 4) is 17.2 Å². The van der Waals surface area contributed by atoms with Crippen molar-refractivity contribution >= 4 is 29.1 Å². The first-order chi connectivity index (χ1) is 21.5. The molecule has 5 rings (SSSR count). The average molecular weight is 611 g/mol. The molecule has 1 atom stereocenters. The third kappa shape index (κ3) is 6.38. The van der Waals surface area contributed by atoms with Gasteiger partial charge >= 0.3 is 5.97 Å². The van der Waals surface area contributed by atoms with Crippen LogP contribution in [0.2, 0.25) is 0 Å². The highest BCUT2D eigenvalue weighted by Gasteiger charge is 2.35. The van der Waals surface area contributed by atoms with Gasteiger partial charge in [-0.3, -0.25) is 9.36 Å². The van der Waals surface area contributed by atoms with Crippen molar-refractivity contribution in [2.24, 2.45) is 4.99 Å². The van der Waals surface area contributed by atoms with Gasteiger partial charge in [-0.25, -0.2) is 9.79 Å². The maximum Gasteiger partial charge on any atom is 0.338 e. The molecule has 0 N–H and O–H groups in total. The molecule has 0 bridgehead atoms. The summed E-state index contributed by atoms with van der Waals surface area (Å²) in [5.41, 5.74) is 2.73. The Bertz CT molecular complexity index is 1860. The predicted molar refractivity (Wildman–Crippen MR) is 172 cm³/mol. The summed E-state index contributed by atoms with van der Waals surface area (Å²) in [5.74, 6) is 1.32. The van der Waals surface area contributed by atoms with E-state index in [0.29, 0.717) is 57.7 Å². The fraction of sp³-hybridized carbons (Fsp3) is 0.229. The summed E-state index contributed by atoms with van der Waals surface area (Å²) < 4.78 is 24.8. The topological polar surface area (TPSA) is 88.4 Å². The summed E-state index contributed by atoms with van der Waals surface area (Å²) in [5, 5.41) is 0. The molecule has 0 unspecified atom stereocenters. The van der Waals surface area contributed by atoms with Crippen molar-refractivity contribution in [3.05, 3.63) is 127 Å². The van der Waals surface area contributed by atoms with E-state index in [0.717, 1.165) is 16.7 Å². The van der Waals surface area contributed by atoms with Crippen molar-refractivity contribution in [2.45, 2.75) is 26.8 Å². The predicted octanol–water partition coefficient (Wildman–Crippen LogP) is 5.30. The summed E-state index contributed by atoms with van der Waals surface area (Å²) in [6.07, 6.45) is 3.47. The SMILES string of the molecule is C=CCOc1ccc(/C=c2\sc3n(c2=O)[C@@H](c2ccc(OCC)cc2)C(C(=O)OCC)=C(c2ccccc2)N=3)cc1OCC. The lowest BCUT2D eigenvalue weighted by Crippen LogP contribution is -2.40. The number of benzene rings is 3. The van der Waals surface area contributed by atoms with E-state index in [1.54, 1.807) is 23.6 Å². The molecule has 226 valence electrons. The second-order valence-electron chi connectivity index (χ2n) is 9.67. The Labute approximate surface area is 259 Å². The van der Waals surface area contributed by atoms with Crippen LogP contribution in [0.15, 0.2) is 101 Å². The zero-order valence-electron chi connectivity index (χ0n) is 24.9. The minimum absolute atomic E-state index is 0.180. The Kier molecular flexibility index (Phi) is 9.76. The van der Waals surface area contributed by atoms with E-state index >= 15 is 0 Å². The molecule has 0 fully saturated rings. The number of rotatable bonds is 12. The van der Waals surface area contributed by atoms with Gasteiger partial charge in [-0.05, 0) is 62.2 Å². The second kappa shape index (κ2) is 14.1. The van der Waals surface area contributed by atoms with Crippen molar-refractivity contribution in [3.63, 3.8) is 0 Å². The summed E-state index contributed by atoms with van der Waals surface area (Å²) in [6.45, 7) is 10.8. The number of fused-ring (bicyclic) bond motifs is 1. The minimum Gasteiger partial charge on any atom is -0.494 e. The molecule has 8 nitrogen and oxygen atoms in total. The molecule has 1 aliphatic heterocycles. The third-order valence-corrected chi connectivity index (χ3v) is 7.79. The summed E-state index contributed by atoms with van der Waals surface area (Å²) >= 11 is 1.26. The van der Waals surface area contributed by atoms with E-state index in [4.69, 9.17) is 23.9 Å². The maximum absolute atomic E-state index is 14.2. The van der Waals surface area contributed by atoms with Crippen LogP contribution in [-0.4, -0.2) is 37.0 Å².